The van der Waals surface area contributed by atoms with Gasteiger partial charge in [0, 0.05) is 23.1 Å². The third-order valence-electron chi connectivity index (χ3n) is 4.63. The zero-order chi connectivity index (χ0) is 21.9. The summed E-state index contributed by atoms with van der Waals surface area (Å²) < 4.78 is 2.49. The third-order valence-corrected chi connectivity index (χ3v) is 7.57. The summed E-state index contributed by atoms with van der Waals surface area (Å²) in [6.07, 6.45) is 2.63. The Morgan fingerprint density at radius 1 is 1.06 bits per heavy atom. The highest BCUT2D eigenvalue weighted by molar-refractivity contribution is 8.01. The van der Waals surface area contributed by atoms with E-state index in [9.17, 15) is 4.79 Å². The number of aryl methyl sites for hydroxylation is 1. The van der Waals surface area contributed by atoms with Gasteiger partial charge < -0.3 is 5.32 Å². The average molecular weight is 479 g/mol. The minimum Gasteiger partial charge on any atom is -0.301 e. The van der Waals surface area contributed by atoms with Crippen LogP contribution in [0.4, 0.5) is 5.13 Å². The fraction of sp³-hybridized carbons (Fsp3) is 0.136. The van der Waals surface area contributed by atoms with Crippen molar-refractivity contribution in [1.29, 1.82) is 0 Å². The summed E-state index contributed by atoms with van der Waals surface area (Å²) in [5, 5.41) is 16.5. The van der Waals surface area contributed by atoms with Crippen molar-refractivity contribution in [3.8, 4) is 11.4 Å². The molecule has 7 nitrogen and oxygen atoms in total. The van der Waals surface area contributed by atoms with Crippen molar-refractivity contribution in [2.24, 2.45) is 0 Å². The Kier molecular flexibility index (Phi) is 5.97. The van der Waals surface area contributed by atoms with Gasteiger partial charge in [-0.2, -0.15) is 4.52 Å². The van der Waals surface area contributed by atoms with E-state index in [1.807, 2.05) is 36.5 Å². The lowest BCUT2D eigenvalue weighted by molar-refractivity contribution is -0.113. The van der Waals surface area contributed by atoms with Gasteiger partial charge in [-0.15, -0.1) is 26.6 Å². The molecule has 3 heterocycles. The van der Waals surface area contributed by atoms with Crippen molar-refractivity contribution < 1.29 is 4.79 Å². The van der Waals surface area contributed by atoms with E-state index in [4.69, 9.17) is 0 Å². The van der Waals surface area contributed by atoms with Crippen LogP contribution in [0.15, 0.2) is 65.1 Å². The van der Waals surface area contributed by atoms with Gasteiger partial charge in [-0.25, -0.2) is 4.98 Å². The second-order valence-electron chi connectivity index (χ2n) is 7.08. The summed E-state index contributed by atoms with van der Waals surface area (Å²) >= 11 is 4.29. The molecule has 5 rings (SSSR count). The van der Waals surface area contributed by atoms with Gasteiger partial charge in [-0.3, -0.25) is 4.79 Å². The van der Waals surface area contributed by atoms with Crippen molar-refractivity contribution in [3.63, 3.8) is 0 Å². The number of nitrogens with zero attached hydrogens (tertiary/aromatic N) is 5. The minimum atomic E-state index is -0.111. The number of carbonyl (C=O) groups is 1. The second-order valence-corrected chi connectivity index (χ2v) is 10.4. The number of hydrogen-bond acceptors (Lipinski definition) is 8. The third kappa shape index (κ3) is 4.72. The molecule has 0 aliphatic carbocycles. The van der Waals surface area contributed by atoms with Gasteiger partial charge in [0.1, 0.15) is 0 Å². The molecule has 160 valence electrons. The van der Waals surface area contributed by atoms with Gasteiger partial charge in [0.15, 0.2) is 15.3 Å². The number of carbonyl (C=O) groups excluding carboxylic acids is 1. The number of nitrogens with one attached hydrogen (secondary N) is 1. The Morgan fingerprint density at radius 2 is 1.88 bits per heavy atom. The Balaban J connectivity index is 1.18. The highest BCUT2D eigenvalue weighted by Crippen LogP contribution is 2.28. The van der Waals surface area contributed by atoms with E-state index in [-0.39, 0.29) is 11.7 Å². The van der Waals surface area contributed by atoms with Crippen LogP contribution in [0.3, 0.4) is 0 Å². The predicted molar refractivity (Wildman–Crippen MR) is 130 cm³/mol. The normalized spacial score (nSPS) is 11.2. The largest absolute Gasteiger partial charge is 0.301 e. The molecule has 0 atom stereocenters. The van der Waals surface area contributed by atoms with Gasteiger partial charge in [0.25, 0.3) is 0 Å². The number of aromatic nitrogens is 5. The maximum absolute atomic E-state index is 12.4. The summed E-state index contributed by atoms with van der Waals surface area (Å²) in [7, 11) is 0. The SMILES string of the molecule is Cc1ccc(Cc2cnc(NC(=O)CSc3nn4c(-c5ccccc5)nnc4s3)s2)cc1. The first-order chi connectivity index (χ1) is 15.6. The van der Waals surface area contributed by atoms with E-state index < -0.39 is 0 Å². The molecular formula is C22H18N6OS3. The molecule has 0 saturated carbocycles. The first kappa shape index (κ1) is 20.8. The minimum absolute atomic E-state index is 0.111. The van der Waals surface area contributed by atoms with Crippen molar-refractivity contribution in [3.05, 3.63) is 76.8 Å². The van der Waals surface area contributed by atoms with Crippen molar-refractivity contribution in [1.82, 2.24) is 24.8 Å². The molecule has 1 amide bonds. The van der Waals surface area contributed by atoms with Gasteiger partial charge >= 0.3 is 0 Å². The predicted octanol–water partition coefficient (Wildman–Crippen LogP) is 4.94. The van der Waals surface area contributed by atoms with Crippen LogP contribution in [0, 0.1) is 6.92 Å². The highest BCUT2D eigenvalue weighted by atomic mass is 32.2. The van der Waals surface area contributed by atoms with E-state index in [2.05, 4.69) is 56.8 Å². The molecule has 0 bridgehead atoms. The Morgan fingerprint density at radius 3 is 2.69 bits per heavy atom. The fourth-order valence-corrected chi connectivity index (χ4v) is 5.60. The zero-order valence-corrected chi connectivity index (χ0v) is 19.5. The molecular weight excluding hydrogens is 460 g/mol. The van der Waals surface area contributed by atoms with E-state index in [1.165, 1.54) is 45.6 Å². The second kappa shape index (κ2) is 9.19. The van der Waals surface area contributed by atoms with E-state index in [0.717, 1.165) is 21.2 Å². The van der Waals surface area contributed by atoms with Gasteiger partial charge in [-0.05, 0) is 12.5 Å². The quantitative estimate of drug-likeness (QED) is 0.334. The molecule has 1 N–H and O–H groups in total. The van der Waals surface area contributed by atoms with Crippen LogP contribution in [0.2, 0.25) is 0 Å². The summed E-state index contributed by atoms with van der Waals surface area (Å²) in [4.78, 5) is 18.6. The van der Waals surface area contributed by atoms with Crippen LogP contribution in [-0.2, 0) is 11.2 Å². The highest BCUT2D eigenvalue weighted by Gasteiger charge is 2.15. The van der Waals surface area contributed by atoms with Crippen molar-refractivity contribution >= 4 is 50.4 Å². The van der Waals surface area contributed by atoms with E-state index in [1.54, 1.807) is 4.52 Å². The maximum atomic E-state index is 12.4. The number of amides is 1. The summed E-state index contributed by atoms with van der Waals surface area (Å²) in [5.74, 6) is 0.829. The van der Waals surface area contributed by atoms with Crippen LogP contribution < -0.4 is 5.32 Å². The first-order valence-corrected chi connectivity index (χ1v) is 12.5. The Hall–Kier alpha value is -3.08. The molecule has 2 aromatic carbocycles. The topological polar surface area (TPSA) is 85.1 Å². The van der Waals surface area contributed by atoms with Gasteiger partial charge in [0.2, 0.25) is 10.9 Å². The zero-order valence-electron chi connectivity index (χ0n) is 17.1. The average Bonchev–Trinajstić information content (AvgIpc) is 3.51. The molecule has 10 heteroatoms. The van der Waals surface area contributed by atoms with Crippen LogP contribution >= 0.6 is 34.4 Å². The van der Waals surface area contributed by atoms with Crippen LogP contribution in [0.1, 0.15) is 16.0 Å². The summed E-state index contributed by atoms with van der Waals surface area (Å²) in [6.45, 7) is 2.07. The molecule has 0 unspecified atom stereocenters. The number of anilines is 1. The standard InChI is InChI=1S/C22H18N6OS3/c1-14-7-9-15(10-8-14)11-17-12-23-20(31-17)24-18(29)13-30-22-27-28-19(25-26-21(28)32-22)16-5-3-2-4-6-16/h2-10,12H,11,13H2,1H3,(H,23,24,29). The first-order valence-electron chi connectivity index (χ1n) is 9.84. The lowest BCUT2D eigenvalue weighted by Crippen LogP contribution is -2.13. The monoisotopic (exact) mass is 478 g/mol. The fourth-order valence-electron chi connectivity index (χ4n) is 3.06. The smallest absolute Gasteiger partial charge is 0.236 e. The molecule has 0 saturated heterocycles. The van der Waals surface area contributed by atoms with Crippen LogP contribution in [-0.4, -0.2) is 36.5 Å². The number of thioether (sulfide) groups is 1. The number of thiazole rings is 1. The number of hydrogen-bond donors (Lipinski definition) is 1. The Bertz CT molecular complexity index is 1360. The van der Waals surface area contributed by atoms with Gasteiger partial charge in [-0.1, -0.05) is 83.3 Å². The number of fused-ring (bicyclic) bond motifs is 1. The maximum Gasteiger partial charge on any atom is 0.236 e. The summed E-state index contributed by atoms with van der Waals surface area (Å²) in [6, 6.07) is 18.2. The van der Waals surface area contributed by atoms with Crippen molar-refractivity contribution in [2.75, 3.05) is 11.1 Å². The lowest BCUT2D eigenvalue weighted by Gasteiger charge is -2.00. The summed E-state index contributed by atoms with van der Waals surface area (Å²) in [5.41, 5.74) is 3.42. The number of rotatable bonds is 7. The molecule has 0 fully saturated rings. The molecule has 5 aromatic rings. The van der Waals surface area contributed by atoms with Crippen molar-refractivity contribution in [2.45, 2.75) is 17.7 Å². The molecule has 0 aliphatic rings. The van der Waals surface area contributed by atoms with Crippen LogP contribution in [0.25, 0.3) is 16.3 Å². The molecule has 0 radical (unpaired) electrons. The van der Waals surface area contributed by atoms with E-state index >= 15 is 0 Å². The number of benzene rings is 2. The van der Waals surface area contributed by atoms with Gasteiger partial charge in [0.05, 0.1) is 5.75 Å². The molecule has 32 heavy (non-hydrogen) atoms. The lowest BCUT2D eigenvalue weighted by atomic mass is 10.1. The van der Waals surface area contributed by atoms with Crippen LogP contribution in [0.5, 0.6) is 0 Å². The van der Waals surface area contributed by atoms with E-state index in [0.29, 0.717) is 15.9 Å². The Labute approximate surface area is 196 Å². The molecule has 0 aliphatic heterocycles. The molecule has 3 aromatic heterocycles. The molecule has 0 spiro atoms.